The molecular formula is C6H4ClCuNO2. The SMILES string of the molecule is O=C([O-])c1cccnc1.[Cl-].[Cu+2]. The topological polar surface area (TPSA) is 53.0 Å². The first-order valence-electron chi connectivity index (χ1n) is 2.42. The van der Waals surface area contributed by atoms with Crippen LogP contribution in [0.3, 0.4) is 0 Å². The van der Waals surface area contributed by atoms with Gasteiger partial charge in [0.15, 0.2) is 0 Å². The van der Waals surface area contributed by atoms with Gasteiger partial charge >= 0.3 is 17.1 Å². The molecule has 0 N–H and O–H groups in total. The Balaban J connectivity index is 0. The van der Waals surface area contributed by atoms with Crippen LogP contribution in [0.25, 0.3) is 0 Å². The molecular weight excluding hydrogens is 217 g/mol. The molecule has 11 heavy (non-hydrogen) atoms. The second-order valence-corrected chi connectivity index (χ2v) is 1.53. The minimum Gasteiger partial charge on any atom is -1.00 e. The number of aromatic nitrogens is 1. The molecule has 0 aromatic carbocycles. The largest absolute Gasteiger partial charge is 2.00 e. The minimum atomic E-state index is -1.19. The van der Waals surface area contributed by atoms with E-state index in [2.05, 4.69) is 4.98 Å². The molecule has 1 rings (SSSR count). The van der Waals surface area contributed by atoms with Gasteiger partial charge in [0.25, 0.3) is 0 Å². The summed E-state index contributed by atoms with van der Waals surface area (Å²) in [5.74, 6) is -1.19. The maximum absolute atomic E-state index is 10.0. The van der Waals surface area contributed by atoms with Crippen molar-refractivity contribution in [3.63, 3.8) is 0 Å². The molecule has 0 aliphatic rings. The summed E-state index contributed by atoms with van der Waals surface area (Å²) >= 11 is 0. The predicted molar refractivity (Wildman–Crippen MR) is 28.6 cm³/mol. The standard InChI is InChI=1S/C6H5NO2.ClH.Cu/c8-6(9)5-2-1-3-7-4-5;;/h1-4H,(H,8,9);1H;/q;;+2/p-2. The number of halogens is 1. The van der Waals surface area contributed by atoms with Crippen molar-refractivity contribution in [2.45, 2.75) is 0 Å². The second kappa shape index (κ2) is 6.16. The molecule has 5 heteroatoms. The van der Waals surface area contributed by atoms with Crippen molar-refractivity contribution in [3.8, 4) is 0 Å². The van der Waals surface area contributed by atoms with Crippen LogP contribution in [0.5, 0.6) is 0 Å². The molecule has 0 fully saturated rings. The van der Waals surface area contributed by atoms with Crippen LogP contribution in [-0.2, 0) is 17.1 Å². The summed E-state index contributed by atoms with van der Waals surface area (Å²) < 4.78 is 0. The fourth-order valence-electron chi connectivity index (χ4n) is 0.484. The fourth-order valence-corrected chi connectivity index (χ4v) is 0.484. The van der Waals surface area contributed by atoms with Crippen molar-refractivity contribution < 1.29 is 39.4 Å². The van der Waals surface area contributed by atoms with E-state index in [0.29, 0.717) is 0 Å². The molecule has 0 amide bonds. The van der Waals surface area contributed by atoms with Crippen molar-refractivity contribution in [2.24, 2.45) is 0 Å². The zero-order chi connectivity index (χ0) is 6.69. The summed E-state index contributed by atoms with van der Waals surface area (Å²) in [6, 6.07) is 2.98. The molecule has 0 saturated carbocycles. The Hall–Kier alpha value is -0.571. The molecule has 0 aliphatic carbocycles. The van der Waals surface area contributed by atoms with E-state index < -0.39 is 5.97 Å². The number of pyridine rings is 1. The number of rotatable bonds is 1. The maximum Gasteiger partial charge on any atom is 2.00 e. The van der Waals surface area contributed by atoms with Gasteiger partial charge in [-0.25, -0.2) is 0 Å². The zero-order valence-corrected chi connectivity index (χ0v) is 6.95. The van der Waals surface area contributed by atoms with E-state index in [1.54, 1.807) is 6.07 Å². The van der Waals surface area contributed by atoms with Gasteiger partial charge in [-0.15, -0.1) is 0 Å². The number of carboxylic acids is 1. The summed E-state index contributed by atoms with van der Waals surface area (Å²) in [4.78, 5) is 13.6. The summed E-state index contributed by atoms with van der Waals surface area (Å²) in [6.45, 7) is 0. The van der Waals surface area contributed by atoms with E-state index in [1.807, 2.05) is 0 Å². The smallest absolute Gasteiger partial charge is 1.00 e. The van der Waals surface area contributed by atoms with Crippen molar-refractivity contribution in [3.05, 3.63) is 30.1 Å². The number of carboxylic acid groups (broad SMARTS) is 1. The van der Waals surface area contributed by atoms with Gasteiger partial charge in [-0.05, 0) is 6.07 Å². The third kappa shape index (κ3) is 3.98. The fraction of sp³-hybridized carbons (Fsp3) is 0. The Bertz CT molecular complexity index is 217. The first kappa shape index (κ1) is 13.1. The van der Waals surface area contributed by atoms with Gasteiger partial charge in [0.1, 0.15) is 0 Å². The molecule has 0 atom stereocenters. The van der Waals surface area contributed by atoms with E-state index in [0.717, 1.165) is 0 Å². The average Bonchev–Trinajstić information content (AvgIpc) is 1.90. The van der Waals surface area contributed by atoms with Gasteiger partial charge < -0.3 is 22.3 Å². The van der Waals surface area contributed by atoms with Gasteiger partial charge in [-0.2, -0.15) is 0 Å². The van der Waals surface area contributed by atoms with Crippen LogP contribution in [0, 0.1) is 0 Å². The first-order valence-corrected chi connectivity index (χ1v) is 2.42. The Morgan fingerprint density at radius 3 is 2.45 bits per heavy atom. The van der Waals surface area contributed by atoms with Crippen LogP contribution in [0.4, 0.5) is 0 Å². The predicted octanol–water partition coefficient (Wildman–Crippen LogP) is -3.55. The minimum absolute atomic E-state index is 0. The molecule has 1 aromatic heterocycles. The van der Waals surface area contributed by atoms with Crippen LogP contribution in [0.1, 0.15) is 10.4 Å². The van der Waals surface area contributed by atoms with E-state index >= 15 is 0 Å². The van der Waals surface area contributed by atoms with Crippen molar-refractivity contribution in [2.75, 3.05) is 0 Å². The summed E-state index contributed by atoms with van der Waals surface area (Å²) in [6.07, 6.45) is 2.75. The normalized spacial score (nSPS) is 7.27. The Labute approximate surface area is 80.7 Å². The molecule has 0 bridgehead atoms. The summed E-state index contributed by atoms with van der Waals surface area (Å²) in [5, 5.41) is 10.0. The van der Waals surface area contributed by atoms with Crippen molar-refractivity contribution in [1.29, 1.82) is 0 Å². The summed E-state index contributed by atoms with van der Waals surface area (Å²) in [5.41, 5.74) is 0.109. The number of nitrogens with zero attached hydrogens (tertiary/aromatic N) is 1. The Morgan fingerprint density at radius 2 is 2.18 bits per heavy atom. The van der Waals surface area contributed by atoms with Crippen LogP contribution in [0.2, 0.25) is 0 Å². The zero-order valence-electron chi connectivity index (χ0n) is 5.25. The number of carbonyl (C=O) groups excluding carboxylic acids is 1. The molecule has 0 spiro atoms. The van der Waals surface area contributed by atoms with Crippen LogP contribution < -0.4 is 17.5 Å². The van der Waals surface area contributed by atoms with Gasteiger partial charge in [0, 0.05) is 18.0 Å². The third-order valence-corrected chi connectivity index (χ3v) is 0.897. The number of carbonyl (C=O) groups is 1. The Kier molecular flexibility index (Phi) is 7.31. The maximum atomic E-state index is 10.0. The monoisotopic (exact) mass is 220 g/mol. The number of aromatic carboxylic acids is 1. The average molecular weight is 221 g/mol. The first-order chi connectivity index (χ1) is 4.30. The van der Waals surface area contributed by atoms with Crippen LogP contribution >= 0.6 is 0 Å². The molecule has 0 saturated heterocycles. The molecule has 3 nitrogen and oxygen atoms in total. The molecule has 0 unspecified atom stereocenters. The van der Waals surface area contributed by atoms with E-state index in [-0.39, 0.29) is 35.0 Å². The van der Waals surface area contributed by atoms with Crippen molar-refractivity contribution in [1.82, 2.24) is 4.98 Å². The molecule has 0 aliphatic heterocycles. The van der Waals surface area contributed by atoms with Gasteiger partial charge in [-0.3, -0.25) is 4.98 Å². The molecule has 1 aromatic rings. The van der Waals surface area contributed by atoms with E-state index in [4.69, 9.17) is 0 Å². The van der Waals surface area contributed by atoms with Crippen LogP contribution in [-0.4, -0.2) is 11.0 Å². The van der Waals surface area contributed by atoms with E-state index in [1.165, 1.54) is 18.5 Å². The Morgan fingerprint density at radius 1 is 1.55 bits per heavy atom. The number of hydrogen-bond donors (Lipinski definition) is 0. The quantitative estimate of drug-likeness (QED) is 0.461. The van der Waals surface area contributed by atoms with E-state index in [9.17, 15) is 9.90 Å². The molecule has 63 valence electrons. The van der Waals surface area contributed by atoms with Gasteiger partial charge in [-0.1, -0.05) is 6.07 Å². The molecule has 1 heterocycles. The van der Waals surface area contributed by atoms with Gasteiger partial charge in [0.2, 0.25) is 0 Å². The number of hydrogen-bond acceptors (Lipinski definition) is 3. The molecule has 1 radical (unpaired) electrons. The third-order valence-electron chi connectivity index (χ3n) is 0.897. The summed E-state index contributed by atoms with van der Waals surface area (Å²) in [7, 11) is 0. The van der Waals surface area contributed by atoms with Crippen LogP contribution in [0.15, 0.2) is 24.5 Å². The van der Waals surface area contributed by atoms with Gasteiger partial charge in [0.05, 0.1) is 5.97 Å². The second-order valence-electron chi connectivity index (χ2n) is 1.53. The van der Waals surface area contributed by atoms with Crippen molar-refractivity contribution >= 4 is 5.97 Å².